The van der Waals surface area contributed by atoms with Crippen LogP contribution in [0.3, 0.4) is 0 Å². The summed E-state index contributed by atoms with van der Waals surface area (Å²) in [5.41, 5.74) is 6.02. The van der Waals surface area contributed by atoms with E-state index >= 15 is 0 Å². The van der Waals surface area contributed by atoms with Crippen molar-refractivity contribution in [3.63, 3.8) is 0 Å². The number of sulfonamides is 1. The molecule has 0 aliphatic heterocycles. The molecule has 0 unspecified atom stereocenters. The molecule has 5 nitrogen and oxygen atoms in total. The van der Waals surface area contributed by atoms with Crippen molar-refractivity contribution in [2.24, 2.45) is 0 Å². The van der Waals surface area contributed by atoms with Crippen LogP contribution < -0.4 is 4.72 Å². The number of aromatic nitrogens is 1. The fraction of sp³-hybridized carbons (Fsp3) is 0.333. The van der Waals surface area contributed by atoms with Crippen LogP contribution in [-0.2, 0) is 15.4 Å². The molecule has 3 aromatic rings. The Kier molecular flexibility index (Phi) is 4.50. The summed E-state index contributed by atoms with van der Waals surface area (Å²) in [7, 11) is -3.32. The van der Waals surface area contributed by atoms with Gasteiger partial charge in [-0.2, -0.15) is 0 Å². The van der Waals surface area contributed by atoms with E-state index in [1.807, 2.05) is 38.1 Å². The minimum absolute atomic E-state index is 0.183. The van der Waals surface area contributed by atoms with E-state index in [-0.39, 0.29) is 5.41 Å². The molecule has 27 heavy (non-hydrogen) atoms. The lowest BCUT2D eigenvalue weighted by Gasteiger charge is -2.22. The quantitative estimate of drug-likeness (QED) is 0.603. The van der Waals surface area contributed by atoms with Crippen molar-refractivity contribution in [1.29, 1.82) is 0 Å². The molecule has 0 bridgehead atoms. The van der Waals surface area contributed by atoms with Gasteiger partial charge in [-0.15, -0.1) is 0 Å². The van der Waals surface area contributed by atoms with Crippen molar-refractivity contribution in [1.82, 2.24) is 4.98 Å². The minimum atomic E-state index is -3.32. The Balaban J connectivity index is 2.18. The van der Waals surface area contributed by atoms with Crippen LogP contribution in [0.15, 0.2) is 30.3 Å². The monoisotopic (exact) mass is 386 g/mol. The second-order valence-corrected chi connectivity index (χ2v) is 9.95. The van der Waals surface area contributed by atoms with Gasteiger partial charge in [0.1, 0.15) is 5.75 Å². The lowest BCUT2D eigenvalue weighted by Crippen LogP contribution is -2.12. The smallest absolute Gasteiger partial charge is 0.229 e. The number of H-pyrrole nitrogens is 1. The highest BCUT2D eigenvalue weighted by Crippen LogP contribution is 2.39. The number of aromatic hydroxyl groups is 1. The first-order chi connectivity index (χ1) is 12.4. The molecule has 3 rings (SSSR count). The van der Waals surface area contributed by atoms with Gasteiger partial charge in [-0.1, -0.05) is 20.8 Å². The maximum Gasteiger partial charge on any atom is 0.229 e. The first-order valence-electron chi connectivity index (χ1n) is 8.81. The lowest BCUT2D eigenvalue weighted by molar-refractivity contribution is 0.443. The molecule has 0 saturated carbocycles. The Morgan fingerprint density at radius 3 is 2.33 bits per heavy atom. The number of aryl methyl sites for hydroxylation is 2. The highest BCUT2D eigenvalue weighted by Gasteiger charge is 2.22. The average molecular weight is 387 g/mol. The SMILES string of the molecule is Cc1cc(-c2[nH]c3ccc(NS(C)(=O)=O)cc3c2C)cc(C(C)(C)C)c1O. The summed E-state index contributed by atoms with van der Waals surface area (Å²) in [6.45, 7) is 10.1. The molecule has 1 heterocycles. The Morgan fingerprint density at radius 1 is 1.07 bits per heavy atom. The standard InChI is InChI=1S/C21H26N2O3S/c1-12-9-14(10-17(20(12)24)21(3,4)5)19-13(2)16-11-15(23-27(6,25)26)7-8-18(16)22-19/h7-11,22-24H,1-6H3. The summed E-state index contributed by atoms with van der Waals surface area (Å²) in [5.74, 6) is 0.333. The Bertz CT molecular complexity index is 1140. The molecule has 0 fully saturated rings. The van der Waals surface area contributed by atoms with Crippen LogP contribution in [-0.4, -0.2) is 24.8 Å². The summed E-state index contributed by atoms with van der Waals surface area (Å²) in [6, 6.07) is 9.44. The third-order valence-corrected chi connectivity index (χ3v) is 5.37. The molecule has 0 atom stereocenters. The Labute approximate surface area is 160 Å². The Hall–Kier alpha value is -2.47. The normalized spacial score (nSPS) is 12.5. The second kappa shape index (κ2) is 6.30. The van der Waals surface area contributed by atoms with Crippen molar-refractivity contribution < 1.29 is 13.5 Å². The van der Waals surface area contributed by atoms with E-state index in [9.17, 15) is 13.5 Å². The van der Waals surface area contributed by atoms with Crippen LogP contribution in [0.25, 0.3) is 22.2 Å². The highest BCUT2D eigenvalue weighted by atomic mass is 32.2. The fourth-order valence-corrected chi connectivity index (χ4v) is 3.94. The van der Waals surface area contributed by atoms with E-state index in [2.05, 4.69) is 30.5 Å². The van der Waals surface area contributed by atoms with E-state index in [1.54, 1.807) is 6.07 Å². The van der Waals surface area contributed by atoms with Gasteiger partial charge in [0, 0.05) is 27.8 Å². The van der Waals surface area contributed by atoms with Crippen molar-refractivity contribution in [2.75, 3.05) is 11.0 Å². The second-order valence-electron chi connectivity index (χ2n) is 8.20. The lowest BCUT2D eigenvalue weighted by atomic mass is 9.83. The number of nitrogens with one attached hydrogen (secondary N) is 2. The molecule has 6 heteroatoms. The van der Waals surface area contributed by atoms with Gasteiger partial charge in [0.05, 0.1) is 6.26 Å². The third-order valence-electron chi connectivity index (χ3n) is 4.76. The molecule has 0 radical (unpaired) electrons. The van der Waals surface area contributed by atoms with Crippen LogP contribution in [0, 0.1) is 13.8 Å². The van der Waals surface area contributed by atoms with E-state index in [0.29, 0.717) is 11.4 Å². The van der Waals surface area contributed by atoms with Gasteiger partial charge in [-0.3, -0.25) is 4.72 Å². The van der Waals surface area contributed by atoms with E-state index in [1.165, 1.54) is 0 Å². The first kappa shape index (κ1) is 19.3. The van der Waals surface area contributed by atoms with Crippen LogP contribution >= 0.6 is 0 Å². The van der Waals surface area contributed by atoms with E-state index in [0.717, 1.165) is 45.1 Å². The maximum atomic E-state index is 11.5. The molecule has 2 aromatic carbocycles. The summed E-state index contributed by atoms with van der Waals surface area (Å²) in [5, 5.41) is 11.4. The third kappa shape index (κ3) is 3.81. The van der Waals surface area contributed by atoms with Gasteiger partial charge in [0.15, 0.2) is 0 Å². The molecule has 0 saturated heterocycles. The van der Waals surface area contributed by atoms with Crippen molar-refractivity contribution in [2.45, 2.75) is 40.0 Å². The molecule has 0 aliphatic rings. The topological polar surface area (TPSA) is 82.2 Å². The summed E-state index contributed by atoms with van der Waals surface area (Å²) in [6.07, 6.45) is 1.14. The number of hydrogen-bond acceptors (Lipinski definition) is 3. The number of rotatable bonds is 3. The van der Waals surface area contributed by atoms with Gasteiger partial charge >= 0.3 is 0 Å². The predicted molar refractivity (Wildman–Crippen MR) is 112 cm³/mol. The van der Waals surface area contributed by atoms with Gasteiger partial charge in [0.25, 0.3) is 0 Å². The number of phenols is 1. The van der Waals surface area contributed by atoms with Crippen LogP contribution in [0.4, 0.5) is 5.69 Å². The predicted octanol–water partition coefficient (Wildman–Crippen LogP) is 4.83. The summed E-state index contributed by atoms with van der Waals surface area (Å²) in [4.78, 5) is 3.44. The van der Waals surface area contributed by atoms with Gasteiger partial charge < -0.3 is 10.1 Å². The average Bonchev–Trinajstić information content (AvgIpc) is 2.84. The molecular formula is C21H26N2O3S. The number of anilines is 1. The molecule has 0 spiro atoms. The number of fused-ring (bicyclic) bond motifs is 1. The first-order valence-corrected chi connectivity index (χ1v) is 10.7. The number of benzene rings is 2. The number of hydrogen-bond donors (Lipinski definition) is 3. The largest absolute Gasteiger partial charge is 0.507 e. The zero-order chi connectivity index (χ0) is 20.1. The molecular weight excluding hydrogens is 360 g/mol. The number of aromatic amines is 1. The maximum absolute atomic E-state index is 11.5. The zero-order valence-electron chi connectivity index (χ0n) is 16.6. The highest BCUT2D eigenvalue weighted by molar-refractivity contribution is 7.92. The molecule has 144 valence electrons. The molecule has 3 N–H and O–H groups in total. The molecule has 0 aliphatic carbocycles. The Morgan fingerprint density at radius 2 is 1.74 bits per heavy atom. The van der Waals surface area contributed by atoms with Crippen molar-refractivity contribution >= 4 is 26.6 Å². The fourth-order valence-electron chi connectivity index (χ4n) is 3.39. The van der Waals surface area contributed by atoms with Gasteiger partial charge in [0.2, 0.25) is 10.0 Å². The number of phenolic OH excluding ortho intramolecular Hbond substituents is 1. The van der Waals surface area contributed by atoms with Crippen LogP contribution in [0.1, 0.15) is 37.5 Å². The molecule has 0 amide bonds. The van der Waals surface area contributed by atoms with Crippen molar-refractivity contribution in [3.8, 4) is 17.0 Å². The van der Waals surface area contributed by atoms with Gasteiger partial charge in [-0.05, 0) is 66.3 Å². The van der Waals surface area contributed by atoms with Crippen molar-refractivity contribution in [3.05, 3.63) is 47.0 Å². The van der Waals surface area contributed by atoms with Crippen LogP contribution in [0.2, 0.25) is 0 Å². The summed E-state index contributed by atoms with van der Waals surface area (Å²) < 4.78 is 25.5. The minimum Gasteiger partial charge on any atom is -0.507 e. The summed E-state index contributed by atoms with van der Waals surface area (Å²) >= 11 is 0. The zero-order valence-corrected chi connectivity index (χ0v) is 17.4. The van der Waals surface area contributed by atoms with Gasteiger partial charge in [-0.25, -0.2) is 8.42 Å². The van der Waals surface area contributed by atoms with Crippen LogP contribution in [0.5, 0.6) is 5.75 Å². The van der Waals surface area contributed by atoms with E-state index < -0.39 is 10.0 Å². The molecule has 1 aromatic heterocycles. The van der Waals surface area contributed by atoms with E-state index in [4.69, 9.17) is 0 Å².